The van der Waals surface area contributed by atoms with Gasteiger partial charge in [0.2, 0.25) is 5.91 Å². The van der Waals surface area contributed by atoms with Gasteiger partial charge in [-0.3, -0.25) is 9.10 Å². The van der Waals surface area contributed by atoms with Crippen LogP contribution in [0.25, 0.3) is 0 Å². The molecule has 31 heavy (non-hydrogen) atoms. The zero-order valence-electron chi connectivity index (χ0n) is 16.6. The maximum atomic E-state index is 13.3. The van der Waals surface area contributed by atoms with E-state index in [1.165, 1.54) is 30.3 Å². The predicted molar refractivity (Wildman–Crippen MR) is 122 cm³/mol. The monoisotopic (exact) mass is 478 g/mol. The van der Waals surface area contributed by atoms with E-state index in [1.54, 1.807) is 37.4 Å². The van der Waals surface area contributed by atoms with Crippen molar-refractivity contribution in [3.8, 4) is 5.75 Å². The molecule has 0 aliphatic rings. The second kappa shape index (κ2) is 10.0. The Morgan fingerprint density at radius 2 is 1.58 bits per heavy atom. The number of carbonyl (C=O) groups is 1. The van der Waals surface area contributed by atoms with Crippen LogP contribution >= 0.6 is 23.2 Å². The molecule has 0 bridgehead atoms. The molecule has 0 heterocycles. The average Bonchev–Trinajstić information content (AvgIpc) is 2.76. The summed E-state index contributed by atoms with van der Waals surface area (Å²) in [6.07, 6.45) is 0. The molecule has 0 aliphatic carbocycles. The third-order valence-corrected chi connectivity index (χ3v) is 6.63. The Morgan fingerprint density at radius 1 is 0.968 bits per heavy atom. The van der Waals surface area contributed by atoms with Gasteiger partial charge in [-0.15, -0.1) is 0 Å². The number of hydrogen-bond acceptors (Lipinski definition) is 4. The van der Waals surface area contributed by atoms with Gasteiger partial charge in [0.15, 0.2) is 0 Å². The molecule has 1 amide bonds. The molecule has 1 N–H and O–H groups in total. The molecule has 0 atom stereocenters. The summed E-state index contributed by atoms with van der Waals surface area (Å²) in [5, 5.41) is 3.26. The molecule has 0 radical (unpaired) electrons. The van der Waals surface area contributed by atoms with E-state index in [9.17, 15) is 13.2 Å². The number of amides is 1. The summed E-state index contributed by atoms with van der Waals surface area (Å²) in [5.41, 5.74) is 1.04. The van der Waals surface area contributed by atoms with Crippen LogP contribution in [0, 0.1) is 0 Å². The first kappa shape index (κ1) is 22.9. The summed E-state index contributed by atoms with van der Waals surface area (Å²) in [6.45, 7) is -0.206. The fourth-order valence-corrected chi connectivity index (χ4v) is 4.79. The van der Waals surface area contributed by atoms with Gasteiger partial charge in [-0.25, -0.2) is 8.42 Å². The second-order valence-corrected chi connectivity index (χ2v) is 9.31. The van der Waals surface area contributed by atoms with Crippen LogP contribution in [-0.2, 0) is 21.4 Å². The number of sulfonamides is 1. The van der Waals surface area contributed by atoms with E-state index in [2.05, 4.69) is 5.32 Å². The summed E-state index contributed by atoms with van der Waals surface area (Å²) >= 11 is 12.2. The first-order valence-corrected chi connectivity index (χ1v) is 11.4. The highest BCUT2D eigenvalue weighted by atomic mass is 35.5. The first-order chi connectivity index (χ1) is 14.8. The van der Waals surface area contributed by atoms with E-state index in [0.717, 1.165) is 9.87 Å². The van der Waals surface area contributed by atoms with Gasteiger partial charge in [0.05, 0.1) is 17.7 Å². The van der Waals surface area contributed by atoms with Gasteiger partial charge in [-0.1, -0.05) is 53.5 Å². The number of benzene rings is 3. The van der Waals surface area contributed by atoms with E-state index < -0.39 is 22.5 Å². The fourth-order valence-electron chi connectivity index (χ4n) is 2.85. The van der Waals surface area contributed by atoms with Crippen LogP contribution in [0.2, 0.25) is 10.0 Å². The molecule has 3 aromatic rings. The van der Waals surface area contributed by atoms with Crippen molar-refractivity contribution in [3.05, 3.63) is 88.4 Å². The van der Waals surface area contributed by atoms with E-state index >= 15 is 0 Å². The van der Waals surface area contributed by atoms with Gasteiger partial charge in [-0.2, -0.15) is 0 Å². The minimum atomic E-state index is -4.04. The standard InChI is InChI=1S/C22H20Cl2N2O4S/c1-30-20-9-7-16(8-10-20)14-25-22(27)15-26(19-12-17(23)11-18(24)13-19)31(28,29)21-5-3-2-4-6-21/h2-13H,14-15H2,1H3,(H,25,27). The number of anilines is 1. The van der Waals surface area contributed by atoms with E-state index in [-0.39, 0.29) is 27.2 Å². The van der Waals surface area contributed by atoms with Crippen molar-refractivity contribution in [2.75, 3.05) is 18.0 Å². The van der Waals surface area contributed by atoms with Crippen molar-refractivity contribution in [1.29, 1.82) is 0 Å². The molecule has 0 spiro atoms. The lowest BCUT2D eigenvalue weighted by Gasteiger charge is -2.24. The van der Waals surface area contributed by atoms with Crippen molar-refractivity contribution >= 4 is 44.8 Å². The number of methoxy groups -OCH3 is 1. The highest BCUT2D eigenvalue weighted by Crippen LogP contribution is 2.29. The molecule has 3 rings (SSSR count). The number of rotatable bonds is 8. The average molecular weight is 479 g/mol. The van der Waals surface area contributed by atoms with Gasteiger partial charge in [0.1, 0.15) is 12.3 Å². The van der Waals surface area contributed by atoms with Crippen LogP contribution in [0.5, 0.6) is 5.75 Å². The number of nitrogens with zero attached hydrogens (tertiary/aromatic N) is 1. The Hall–Kier alpha value is -2.74. The minimum absolute atomic E-state index is 0.0500. The number of hydrogen-bond donors (Lipinski definition) is 1. The molecule has 3 aromatic carbocycles. The van der Waals surface area contributed by atoms with Crippen molar-refractivity contribution in [3.63, 3.8) is 0 Å². The molecule has 0 saturated carbocycles. The second-order valence-electron chi connectivity index (χ2n) is 6.58. The summed E-state index contributed by atoms with van der Waals surface area (Å²) in [5.74, 6) is 0.222. The molecule has 0 aromatic heterocycles. The zero-order valence-corrected chi connectivity index (χ0v) is 18.9. The summed E-state index contributed by atoms with van der Waals surface area (Å²) < 4.78 is 32.7. The zero-order chi connectivity index (χ0) is 22.4. The largest absolute Gasteiger partial charge is 0.497 e. The Bertz CT molecular complexity index is 1130. The molecular formula is C22H20Cl2N2O4S. The van der Waals surface area contributed by atoms with Crippen molar-refractivity contribution in [2.45, 2.75) is 11.4 Å². The van der Waals surface area contributed by atoms with E-state index in [1.807, 2.05) is 12.1 Å². The molecule has 0 aliphatic heterocycles. The van der Waals surface area contributed by atoms with E-state index in [4.69, 9.17) is 27.9 Å². The molecule has 6 nitrogen and oxygen atoms in total. The van der Waals surface area contributed by atoms with Gasteiger partial charge in [-0.05, 0) is 48.0 Å². The topological polar surface area (TPSA) is 75.7 Å². The third-order valence-electron chi connectivity index (χ3n) is 4.40. The highest BCUT2D eigenvalue weighted by molar-refractivity contribution is 7.92. The number of carbonyl (C=O) groups excluding carboxylic acids is 1. The maximum Gasteiger partial charge on any atom is 0.264 e. The van der Waals surface area contributed by atoms with Crippen LogP contribution in [0.1, 0.15) is 5.56 Å². The normalized spacial score (nSPS) is 11.1. The van der Waals surface area contributed by atoms with Crippen LogP contribution in [0.15, 0.2) is 77.7 Å². The molecule has 162 valence electrons. The molecule has 0 fully saturated rings. The van der Waals surface area contributed by atoms with Gasteiger partial charge in [0.25, 0.3) is 10.0 Å². The Morgan fingerprint density at radius 3 is 2.16 bits per heavy atom. The molecule has 9 heteroatoms. The van der Waals surface area contributed by atoms with Crippen LogP contribution in [0.3, 0.4) is 0 Å². The molecule has 0 unspecified atom stereocenters. The SMILES string of the molecule is COc1ccc(CNC(=O)CN(c2cc(Cl)cc(Cl)c2)S(=O)(=O)c2ccccc2)cc1. The smallest absolute Gasteiger partial charge is 0.264 e. The molecular weight excluding hydrogens is 459 g/mol. The Labute approximate surface area is 191 Å². The lowest BCUT2D eigenvalue weighted by Crippen LogP contribution is -2.40. The maximum absolute atomic E-state index is 13.3. The van der Waals surface area contributed by atoms with Crippen molar-refractivity contribution in [1.82, 2.24) is 5.32 Å². The van der Waals surface area contributed by atoms with Crippen molar-refractivity contribution < 1.29 is 17.9 Å². The van der Waals surface area contributed by atoms with E-state index in [0.29, 0.717) is 5.75 Å². The van der Waals surface area contributed by atoms with Gasteiger partial charge >= 0.3 is 0 Å². The number of halogens is 2. The Balaban J connectivity index is 1.84. The lowest BCUT2D eigenvalue weighted by atomic mass is 10.2. The van der Waals surface area contributed by atoms with Gasteiger partial charge < -0.3 is 10.1 Å². The summed E-state index contributed by atoms with van der Waals surface area (Å²) in [4.78, 5) is 12.7. The number of nitrogens with one attached hydrogen (secondary N) is 1. The Kier molecular flexibility index (Phi) is 7.43. The number of ether oxygens (including phenoxy) is 1. The van der Waals surface area contributed by atoms with Crippen LogP contribution < -0.4 is 14.4 Å². The predicted octanol–water partition coefficient (Wildman–Crippen LogP) is 4.51. The molecule has 0 saturated heterocycles. The summed E-state index contributed by atoms with van der Waals surface area (Å²) in [7, 11) is -2.47. The third kappa shape index (κ3) is 5.91. The van der Waals surface area contributed by atoms with Crippen LogP contribution in [-0.4, -0.2) is 28.0 Å². The first-order valence-electron chi connectivity index (χ1n) is 9.23. The van der Waals surface area contributed by atoms with Crippen molar-refractivity contribution in [2.24, 2.45) is 0 Å². The van der Waals surface area contributed by atoms with Gasteiger partial charge in [0, 0.05) is 16.6 Å². The van der Waals surface area contributed by atoms with Crippen LogP contribution in [0.4, 0.5) is 5.69 Å². The fraction of sp³-hybridized carbons (Fsp3) is 0.136. The lowest BCUT2D eigenvalue weighted by molar-refractivity contribution is -0.119. The highest BCUT2D eigenvalue weighted by Gasteiger charge is 2.27. The quantitative estimate of drug-likeness (QED) is 0.516. The summed E-state index contributed by atoms with van der Waals surface area (Å²) in [6, 6.07) is 19.4. The minimum Gasteiger partial charge on any atom is -0.497 e.